The van der Waals surface area contributed by atoms with Gasteiger partial charge in [-0.05, 0) is 30.3 Å². The molecule has 110 valence electrons. The monoisotopic (exact) mass is 362 g/mol. The zero-order valence-electron chi connectivity index (χ0n) is 10.1. The lowest BCUT2D eigenvalue weighted by Gasteiger charge is -2.09. The van der Waals surface area contributed by atoms with Crippen molar-refractivity contribution < 1.29 is 32.3 Å². The van der Waals surface area contributed by atoms with E-state index in [1.807, 2.05) is 0 Å². The fourth-order valence-corrected chi connectivity index (χ4v) is 2.01. The largest absolute Gasteiger partial charge is 0.475 e. The number of aromatic carboxylic acids is 1. The van der Waals surface area contributed by atoms with Gasteiger partial charge in [0, 0.05) is 10.0 Å². The fraction of sp³-hybridized carbons (Fsp3) is 0.0769. The number of ketones is 1. The number of carboxylic acid groups (broad SMARTS) is 1. The van der Waals surface area contributed by atoms with E-state index in [4.69, 9.17) is 9.52 Å². The number of furan rings is 1. The molecule has 0 spiro atoms. The quantitative estimate of drug-likeness (QED) is 0.838. The highest BCUT2D eigenvalue weighted by Crippen LogP contribution is 2.32. The molecule has 8 heteroatoms. The van der Waals surface area contributed by atoms with Crippen molar-refractivity contribution in [3.8, 4) is 0 Å². The van der Waals surface area contributed by atoms with Gasteiger partial charge in [0.05, 0.1) is 5.56 Å². The Labute approximate surface area is 124 Å². The summed E-state index contributed by atoms with van der Waals surface area (Å²) >= 11 is 2.98. The van der Waals surface area contributed by atoms with E-state index in [2.05, 4.69) is 15.9 Å². The summed E-state index contributed by atoms with van der Waals surface area (Å²) in [7, 11) is 0. The van der Waals surface area contributed by atoms with Crippen LogP contribution in [-0.2, 0) is 6.18 Å². The third-order valence-electron chi connectivity index (χ3n) is 2.58. The third-order valence-corrected chi connectivity index (χ3v) is 3.27. The third kappa shape index (κ3) is 3.15. The van der Waals surface area contributed by atoms with Gasteiger partial charge in [-0.1, -0.05) is 15.9 Å². The molecule has 4 nitrogen and oxygen atoms in total. The van der Waals surface area contributed by atoms with Crippen molar-refractivity contribution in [2.24, 2.45) is 0 Å². The molecule has 1 aromatic heterocycles. The summed E-state index contributed by atoms with van der Waals surface area (Å²) in [5.74, 6) is -3.05. The van der Waals surface area contributed by atoms with Gasteiger partial charge in [0.25, 0.3) is 0 Å². The van der Waals surface area contributed by atoms with E-state index < -0.39 is 29.3 Å². The Bertz CT molecular complexity index is 718. The molecule has 21 heavy (non-hydrogen) atoms. The molecule has 1 heterocycles. The number of benzene rings is 1. The average Bonchev–Trinajstić information content (AvgIpc) is 2.86. The lowest BCUT2D eigenvalue weighted by atomic mass is 10.1. The zero-order chi connectivity index (χ0) is 15.8. The van der Waals surface area contributed by atoms with Crippen molar-refractivity contribution in [1.29, 1.82) is 0 Å². The summed E-state index contributed by atoms with van der Waals surface area (Å²) in [5.41, 5.74) is -1.25. The number of carbonyl (C=O) groups excluding carboxylic acids is 1. The van der Waals surface area contributed by atoms with E-state index in [1.54, 1.807) is 0 Å². The second kappa shape index (κ2) is 5.36. The number of hydrogen-bond acceptors (Lipinski definition) is 3. The van der Waals surface area contributed by atoms with Crippen LogP contribution >= 0.6 is 15.9 Å². The molecule has 0 amide bonds. The molecule has 2 aromatic rings. The van der Waals surface area contributed by atoms with Crippen LogP contribution in [0, 0.1) is 0 Å². The van der Waals surface area contributed by atoms with Crippen molar-refractivity contribution in [1.82, 2.24) is 0 Å². The van der Waals surface area contributed by atoms with Gasteiger partial charge in [0.2, 0.25) is 11.5 Å². The number of rotatable bonds is 3. The predicted molar refractivity (Wildman–Crippen MR) is 68.2 cm³/mol. The zero-order valence-corrected chi connectivity index (χ0v) is 11.7. The van der Waals surface area contributed by atoms with Gasteiger partial charge < -0.3 is 9.52 Å². The fourth-order valence-electron chi connectivity index (χ4n) is 1.58. The van der Waals surface area contributed by atoms with E-state index in [1.165, 1.54) is 0 Å². The molecular weight excluding hydrogens is 357 g/mol. The van der Waals surface area contributed by atoms with Crippen LogP contribution in [0.15, 0.2) is 39.2 Å². The van der Waals surface area contributed by atoms with Crippen LogP contribution in [0.5, 0.6) is 0 Å². The molecule has 0 aliphatic heterocycles. The summed E-state index contributed by atoms with van der Waals surface area (Å²) < 4.78 is 42.9. The Morgan fingerprint density at radius 2 is 1.71 bits per heavy atom. The van der Waals surface area contributed by atoms with Crippen molar-refractivity contribution in [3.63, 3.8) is 0 Å². The maximum atomic E-state index is 12.6. The van der Waals surface area contributed by atoms with Crippen LogP contribution in [0.3, 0.4) is 0 Å². The van der Waals surface area contributed by atoms with Crippen molar-refractivity contribution in [2.75, 3.05) is 0 Å². The van der Waals surface area contributed by atoms with Gasteiger partial charge in [0.1, 0.15) is 0 Å². The highest BCUT2D eigenvalue weighted by Gasteiger charge is 2.32. The summed E-state index contributed by atoms with van der Waals surface area (Å²) in [6.45, 7) is 0. The summed E-state index contributed by atoms with van der Waals surface area (Å²) in [4.78, 5) is 22.8. The minimum absolute atomic E-state index is 0.147. The van der Waals surface area contributed by atoms with Crippen LogP contribution in [0.4, 0.5) is 13.2 Å². The molecule has 0 atom stereocenters. The summed E-state index contributed by atoms with van der Waals surface area (Å²) in [6.07, 6.45) is -4.59. The van der Waals surface area contributed by atoms with Gasteiger partial charge in [-0.2, -0.15) is 13.2 Å². The average molecular weight is 363 g/mol. The summed E-state index contributed by atoms with van der Waals surface area (Å²) in [5, 5.41) is 8.69. The Hall–Kier alpha value is -2.09. The minimum Gasteiger partial charge on any atom is -0.475 e. The van der Waals surface area contributed by atoms with Gasteiger partial charge in [-0.15, -0.1) is 0 Å². The molecule has 2 rings (SSSR count). The van der Waals surface area contributed by atoms with Crippen LogP contribution in [-0.4, -0.2) is 16.9 Å². The molecule has 1 N–H and O–H groups in total. The van der Waals surface area contributed by atoms with Crippen LogP contribution < -0.4 is 0 Å². The first-order valence-electron chi connectivity index (χ1n) is 5.44. The SMILES string of the molecule is O=C(O)c1ccc(C(=O)c2cc(C(F)(F)F)ccc2Br)o1. The first kappa shape index (κ1) is 15.3. The Morgan fingerprint density at radius 3 is 2.24 bits per heavy atom. The standard InChI is InChI=1S/C13H6BrF3O4/c14-8-2-1-6(13(15,16)17)5-7(8)11(18)9-3-4-10(21-9)12(19)20/h1-5H,(H,19,20). The van der Waals surface area contributed by atoms with Gasteiger partial charge in [0.15, 0.2) is 5.76 Å². The highest BCUT2D eigenvalue weighted by molar-refractivity contribution is 9.10. The maximum Gasteiger partial charge on any atom is 0.416 e. The van der Waals surface area contributed by atoms with Crippen molar-refractivity contribution in [3.05, 3.63) is 57.5 Å². The van der Waals surface area contributed by atoms with E-state index in [-0.39, 0.29) is 15.8 Å². The second-order valence-electron chi connectivity index (χ2n) is 3.99. The Morgan fingerprint density at radius 1 is 1.10 bits per heavy atom. The molecular formula is C13H6BrF3O4. The van der Waals surface area contributed by atoms with Crippen molar-refractivity contribution >= 4 is 27.7 Å². The molecule has 0 bridgehead atoms. The Balaban J connectivity index is 2.44. The van der Waals surface area contributed by atoms with E-state index in [0.717, 1.165) is 24.3 Å². The normalized spacial score (nSPS) is 11.4. The lowest BCUT2D eigenvalue weighted by Crippen LogP contribution is -2.08. The van der Waals surface area contributed by atoms with Gasteiger partial charge >= 0.3 is 12.1 Å². The number of halogens is 4. The highest BCUT2D eigenvalue weighted by atomic mass is 79.9. The molecule has 0 radical (unpaired) electrons. The van der Waals surface area contributed by atoms with Crippen molar-refractivity contribution in [2.45, 2.75) is 6.18 Å². The van der Waals surface area contributed by atoms with Gasteiger partial charge in [-0.25, -0.2) is 4.79 Å². The summed E-state index contributed by atoms with van der Waals surface area (Å²) in [6, 6.07) is 4.74. The van der Waals surface area contributed by atoms with Crippen LogP contribution in [0.1, 0.15) is 32.2 Å². The Kier molecular flexibility index (Phi) is 3.91. The van der Waals surface area contributed by atoms with E-state index >= 15 is 0 Å². The molecule has 0 aliphatic carbocycles. The number of carboxylic acids is 1. The topological polar surface area (TPSA) is 67.5 Å². The first-order valence-corrected chi connectivity index (χ1v) is 6.24. The van der Waals surface area contributed by atoms with E-state index in [0.29, 0.717) is 6.07 Å². The maximum absolute atomic E-state index is 12.6. The number of hydrogen-bond donors (Lipinski definition) is 1. The first-order chi connectivity index (χ1) is 9.70. The number of alkyl halides is 3. The second-order valence-corrected chi connectivity index (χ2v) is 4.84. The number of carbonyl (C=O) groups is 2. The molecule has 0 unspecified atom stereocenters. The molecule has 0 saturated heterocycles. The van der Waals surface area contributed by atoms with Gasteiger partial charge in [-0.3, -0.25) is 4.79 Å². The van der Waals surface area contributed by atoms with Crippen LogP contribution in [0.2, 0.25) is 0 Å². The lowest BCUT2D eigenvalue weighted by molar-refractivity contribution is -0.137. The minimum atomic E-state index is -4.59. The van der Waals surface area contributed by atoms with E-state index in [9.17, 15) is 22.8 Å². The molecule has 0 fully saturated rings. The smallest absolute Gasteiger partial charge is 0.416 e. The van der Waals surface area contributed by atoms with Crippen LogP contribution in [0.25, 0.3) is 0 Å². The molecule has 0 aliphatic rings. The molecule has 0 saturated carbocycles. The molecule has 1 aromatic carbocycles. The predicted octanol–water partition coefficient (Wildman–Crippen LogP) is 3.99.